The average molecular weight is 349 g/mol. The summed E-state index contributed by atoms with van der Waals surface area (Å²) < 4.78 is 3.45. The van der Waals surface area contributed by atoms with Gasteiger partial charge in [0.15, 0.2) is 0 Å². The number of benzene rings is 1. The Morgan fingerprint density at radius 1 is 1.04 bits per heavy atom. The SMILES string of the molecule is O=C(Cn1ccc2ccn(Cc3ccccc3)c2c1=O)NCC1CCC1. The first-order valence-corrected chi connectivity index (χ1v) is 9.19. The second kappa shape index (κ2) is 7.20. The fraction of sp³-hybridized carbons (Fsp3) is 0.333. The van der Waals surface area contributed by atoms with Crippen molar-refractivity contribution in [1.82, 2.24) is 14.5 Å². The van der Waals surface area contributed by atoms with Crippen molar-refractivity contribution >= 4 is 16.8 Å². The number of hydrogen-bond donors (Lipinski definition) is 1. The van der Waals surface area contributed by atoms with Gasteiger partial charge in [0.25, 0.3) is 5.56 Å². The maximum Gasteiger partial charge on any atom is 0.275 e. The minimum absolute atomic E-state index is 0.0675. The predicted octanol–water partition coefficient (Wildman–Crippen LogP) is 2.77. The van der Waals surface area contributed by atoms with Crippen LogP contribution in [0.15, 0.2) is 59.7 Å². The fourth-order valence-electron chi connectivity index (χ4n) is 3.45. The zero-order chi connectivity index (χ0) is 17.9. The molecule has 0 aliphatic heterocycles. The highest BCUT2D eigenvalue weighted by Crippen LogP contribution is 2.25. The van der Waals surface area contributed by atoms with E-state index >= 15 is 0 Å². The van der Waals surface area contributed by atoms with Gasteiger partial charge < -0.3 is 14.5 Å². The molecule has 1 aliphatic rings. The first-order chi connectivity index (χ1) is 12.7. The predicted molar refractivity (Wildman–Crippen MR) is 102 cm³/mol. The summed E-state index contributed by atoms with van der Waals surface area (Å²) in [6.07, 6.45) is 7.29. The molecule has 134 valence electrons. The number of aromatic nitrogens is 2. The Kier molecular flexibility index (Phi) is 4.61. The second-order valence-electron chi connectivity index (χ2n) is 7.08. The van der Waals surface area contributed by atoms with Gasteiger partial charge in [-0.3, -0.25) is 9.59 Å². The Morgan fingerprint density at radius 3 is 2.46 bits per heavy atom. The number of carbonyl (C=O) groups is 1. The summed E-state index contributed by atoms with van der Waals surface area (Å²) in [5.41, 5.74) is 1.66. The summed E-state index contributed by atoms with van der Waals surface area (Å²) in [6.45, 7) is 1.43. The quantitative estimate of drug-likeness (QED) is 0.744. The van der Waals surface area contributed by atoms with Crippen molar-refractivity contribution in [2.24, 2.45) is 5.92 Å². The number of nitrogens with zero attached hydrogens (tertiary/aromatic N) is 2. The van der Waals surface area contributed by atoms with E-state index in [4.69, 9.17) is 0 Å². The van der Waals surface area contributed by atoms with Gasteiger partial charge in [-0.2, -0.15) is 0 Å². The number of carbonyl (C=O) groups excluding carboxylic acids is 1. The van der Waals surface area contributed by atoms with Crippen LogP contribution in [-0.2, 0) is 17.9 Å². The van der Waals surface area contributed by atoms with Gasteiger partial charge in [-0.25, -0.2) is 0 Å². The van der Waals surface area contributed by atoms with E-state index < -0.39 is 0 Å². The van der Waals surface area contributed by atoms with Gasteiger partial charge in [-0.05, 0) is 36.5 Å². The average Bonchev–Trinajstić information content (AvgIpc) is 3.00. The van der Waals surface area contributed by atoms with Crippen LogP contribution in [0.5, 0.6) is 0 Å². The number of hydrogen-bond acceptors (Lipinski definition) is 2. The molecular formula is C21H23N3O2. The second-order valence-corrected chi connectivity index (χ2v) is 7.08. The molecule has 4 rings (SSSR count). The molecule has 2 heterocycles. The van der Waals surface area contributed by atoms with Gasteiger partial charge in [0.1, 0.15) is 12.1 Å². The van der Waals surface area contributed by atoms with Gasteiger partial charge in [-0.15, -0.1) is 0 Å². The van der Waals surface area contributed by atoms with E-state index in [0.717, 1.165) is 17.5 Å². The van der Waals surface area contributed by atoms with Crippen molar-refractivity contribution in [1.29, 1.82) is 0 Å². The molecule has 1 fully saturated rings. The standard InChI is InChI=1S/C21H23N3O2/c25-19(22-13-16-7-4-8-16)15-24-12-10-18-9-11-23(20(18)21(24)26)14-17-5-2-1-3-6-17/h1-3,5-6,9-12,16H,4,7-8,13-15H2,(H,22,25). The lowest BCUT2D eigenvalue weighted by molar-refractivity contribution is -0.122. The highest BCUT2D eigenvalue weighted by Gasteiger charge is 2.18. The van der Waals surface area contributed by atoms with E-state index in [-0.39, 0.29) is 18.0 Å². The molecule has 5 heteroatoms. The molecule has 3 aromatic rings. The van der Waals surface area contributed by atoms with E-state index in [1.54, 1.807) is 6.20 Å². The molecule has 0 saturated heterocycles. The number of fused-ring (bicyclic) bond motifs is 1. The summed E-state index contributed by atoms with van der Waals surface area (Å²) in [6, 6.07) is 13.9. The van der Waals surface area contributed by atoms with Gasteiger partial charge in [-0.1, -0.05) is 36.8 Å². The van der Waals surface area contributed by atoms with Crippen LogP contribution in [0.3, 0.4) is 0 Å². The Hall–Kier alpha value is -2.82. The van der Waals surface area contributed by atoms with Crippen LogP contribution in [0.2, 0.25) is 0 Å². The van der Waals surface area contributed by atoms with Crippen LogP contribution >= 0.6 is 0 Å². The molecule has 1 aromatic carbocycles. The zero-order valence-corrected chi connectivity index (χ0v) is 14.7. The molecule has 1 aliphatic carbocycles. The molecule has 1 amide bonds. The molecule has 0 spiro atoms. The highest BCUT2D eigenvalue weighted by molar-refractivity contribution is 5.80. The van der Waals surface area contributed by atoms with Crippen molar-refractivity contribution in [3.8, 4) is 0 Å². The smallest absolute Gasteiger partial charge is 0.275 e. The van der Waals surface area contributed by atoms with Crippen molar-refractivity contribution in [3.63, 3.8) is 0 Å². The Bertz CT molecular complexity index is 968. The molecule has 2 aromatic heterocycles. The van der Waals surface area contributed by atoms with E-state index in [2.05, 4.69) is 5.32 Å². The monoisotopic (exact) mass is 349 g/mol. The van der Waals surface area contributed by atoms with E-state index in [1.165, 1.54) is 23.8 Å². The first kappa shape index (κ1) is 16.6. The van der Waals surface area contributed by atoms with Gasteiger partial charge in [0.05, 0.1) is 0 Å². The maximum absolute atomic E-state index is 12.9. The Labute approximate surface area is 152 Å². The third-order valence-electron chi connectivity index (χ3n) is 5.21. The summed E-state index contributed by atoms with van der Waals surface area (Å²) in [7, 11) is 0. The highest BCUT2D eigenvalue weighted by atomic mass is 16.2. The van der Waals surface area contributed by atoms with Crippen LogP contribution in [0.1, 0.15) is 24.8 Å². The van der Waals surface area contributed by atoms with Crippen molar-refractivity contribution in [2.45, 2.75) is 32.4 Å². The zero-order valence-electron chi connectivity index (χ0n) is 14.7. The van der Waals surface area contributed by atoms with Crippen LogP contribution in [0, 0.1) is 5.92 Å². The molecule has 0 atom stereocenters. The van der Waals surface area contributed by atoms with Gasteiger partial charge >= 0.3 is 0 Å². The molecule has 0 unspecified atom stereocenters. The van der Waals surface area contributed by atoms with Crippen LogP contribution in [-0.4, -0.2) is 21.6 Å². The topological polar surface area (TPSA) is 56.0 Å². The normalized spacial score (nSPS) is 14.3. The maximum atomic E-state index is 12.9. The van der Waals surface area contributed by atoms with Crippen molar-refractivity contribution in [3.05, 3.63) is 70.8 Å². The minimum Gasteiger partial charge on any atom is -0.354 e. The lowest BCUT2D eigenvalue weighted by Crippen LogP contribution is -2.36. The number of rotatable bonds is 6. The van der Waals surface area contributed by atoms with Crippen molar-refractivity contribution in [2.75, 3.05) is 6.54 Å². The summed E-state index contributed by atoms with van der Waals surface area (Å²) in [5.74, 6) is 0.515. The van der Waals surface area contributed by atoms with Crippen LogP contribution in [0.25, 0.3) is 10.9 Å². The van der Waals surface area contributed by atoms with E-state index in [1.807, 2.05) is 53.2 Å². The number of pyridine rings is 1. The molecule has 0 radical (unpaired) electrons. The van der Waals surface area contributed by atoms with E-state index in [0.29, 0.717) is 18.0 Å². The fourth-order valence-corrected chi connectivity index (χ4v) is 3.45. The van der Waals surface area contributed by atoms with E-state index in [9.17, 15) is 9.59 Å². The van der Waals surface area contributed by atoms with Crippen LogP contribution < -0.4 is 10.9 Å². The first-order valence-electron chi connectivity index (χ1n) is 9.19. The molecule has 5 nitrogen and oxygen atoms in total. The molecule has 0 bridgehead atoms. The third kappa shape index (κ3) is 3.43. The Morgan fingerprint density at radius 2 is 1.77 bits per heavy atom. The summed E-state index contributed by atoms with van der Waals surface area (Å²) >= 11 is 0. The lowest BCUT2D eigenvalue weighted by Gasteiger charge is -2.25. The van der Waals surface area contributed by atoms with Crippen molar-refractivity contribution < 1.29 is 4.79 Å². The molecular weight excluding hydrogens is 326 g/mol. The molecule has 26 heavy (non-hydrogen) atoms. The minimum atomic E-state index is -0.123. The number of amides is 1. The largest absolute Gasteiger partial charge is 0.354 e. The molecule has 1 saturated carbocycles. The molecule has 1 N–H and O–H groups in total. The third-order valence-corrected chi connectivity index (χ3v) is 5.21. The summed E-state index contributed by atoms with van der Waals surface area (Å²) in [4.78, 5) is 25.1. The van der Waals surface area contributed by atoms with Gasteiger partial charge in [0, 0.05) is 30.9 Å². The van der Waals surface area contributed by atoms with Gasteiger partial charge in [0.2, 0.25) is 5.91 Å². The summed E-state index contributed by atoms with van der Waals surface area (Å²) in [5, 5.41) is 3.85. The number of nitrogens with one attached hydrogen (secondary N) is 1. The van der Waals surface area contributed by atoms with Crippen LogP contribution in [0.4, 0.5) is 0 Å². The Balaban J connectivity index is 1.54. The lowest BCUT2D eigenvalue weighted by atomic mass is 9.85.